The predicted octanol–water partition coefficient (Wildman–Crippen LogP) is 5.61. The number of hydrazone groups is 1. The van der Waals surface area contributed by atoms with Crippen LogP contribution in [0.2, 0.25) is 5.02 Å². The highest BCUT2D eigenvalue weighted by atomic mass is 79.9. The van der Waals surface area contributed by atoms with E-state index in [1.165, 1.54) is 6.21 Å². The Morgan fingerprint density at radius 3 is 2.48 bits per heavy atom. The van der Waals surface area contributed by atoms with Crippen LogP contribution in [0.25, 0.3) is 0 Å². The lowest BCUT2D eigenvalue weighted by Crippen LogP contribution is -2.24. The summed E-state index contributed by atoms with van der Waals surface area (Å²) in [6.45, 7) is -0.244. The first-order chi connectivity index (χ1) is 14.9. The Balaban J connectivity index is 1.61. The number of carbonyl (C=O) groups excluding carboxylic acids is 2. The largest absolute Gasteiger partial charge is 0.483 e. The Kier molecular flexibility index (Phi) is 8.22. The van der Waals surface area contributed by atoms with Crippen molar-refractivity contribution in [2.24, 2.45) is 5.10 Å². The molecular weight excluding hydrogens is 552 g/mol. The molecule has 0 aromatic heterocycles. The summed E-state index contributed by atoms with van der Waals surface area (Å²) in [5.41, 5.74) is 3.30. The van der Waals surface area contributed by atoms with Crippen LogP contribution in [0, 0.1) is 0 Å². The second kappa shape index (κ2) is 11.1. The summed E-state index contributed by atoms with van der Waals surface area (Å²) in [4.78, 5) is 24.3. The fraction of sp³-hybridized carbons (Fsp3) is 0.0455. The van der Waals surface area contributed by atoms with Gasteiger partial charge < -0.3 is 9.47 Å². The van der Waals surface area contributed by atoms with Gasteiger partial charge in [-0.2, -0.15) is 5.10 Å². The molecule has 6 nitrogen and oxygen atoms in total. The molecule has 0 saturated carbocycles. The SMILES string of the molecule is O=C(COc1ccc(Cl)cc1Br)N/N=C\c1cc(Br)ccc1OC(=O)c1ccccc1. The Hall–Kier alpha value is -2.68. The Morgan fingerprint density at radius 1 is 1.00 bits per heavy atom. The smallest absolute Gasteiger partial charge is 0.343 e. The maximum atomic E-state index is 12.3. The molecule has 0 spiro atoms. The van der Waals surface area contributed by atoms with Crippen molar-refractivity contribution in [3.05, 3.63) is 91.8 Å². The van der Waals surface area contributed by atoms with Crippen molar-refractivity contribution >= 4 is 61.6 Å². The van der Waals surface area contributed by atoms with Gasteiger partial charge in [-0.1, -0.05) is 45.7 Å². The molecule has 0 atom stereocenters. The molecular formula is C22H15Br2ClN2O4. The van der Waals surface area contributed by atoms with E-state index in [0.29, 0.717) is 32.1 Å². The molecule has 1 N–H and O–H groups in total. The summed E-state index contributed by atoms with van der Waals surface area (Å²) >= 11 is 12.6. The van der Waals surface area contributed by atoms with Crippen LogP contribution in [-0.2, 0) is 4.79 Å². The molecule has 0 aliphatic rings. The van der Waals surface area contributed by atoms with Crippen LogP contribution in [-0.4, -0.2) is 24.7 Å². The van der Waals surface area contributed by atoms with Crippen LogP contribution in [0.4, 0.5) is 0 Å². The van der Waals surface area contributed by atoms with Crippen LogP contribution >= 0.6 is 43.5 Å². The van der Waals surface area contributed by atoms with Crippen molar-refractivity contribution in [2.45, 2.75) is 0 Å². The minimum Gasteiger partial charge on any atom is -0.483 e. The molecule has 3 aromatic rings. The quantitative estimate of drug-likeness (QED) is 0.175. The van der Waals surface area contributed by atoms with Crippen molar-refractivity contribution in [3.8, 4) is 11.5 Å². The summed E-state index contributed by atoms with van der Waals surface area (Å²) in [6.07, 6.45) is 1.38. The number of hydrogen-bond donors (Lipinski definition) is 1. The maximum absolute atomic E-state index is 12.3. The molecule has 0 heterocycles. The van der Waals surface area contributed by atoms with Gasteiger partial charge in [0.2, 0.25) is 0 Å². The van der Waals surface area contributed by atoms with E-state index < -0.39 is 11.9 Å². The van der Waals surface area contributed by atoms with Crippen molar-refractivity contribution < 1.29 is 19.1 Å². The maximum Gasteiger partial charge on any atom is 0.343 e. The van der Waals surface area contributed by atoms with Gasteiger partial charge in [0.25, 0.3) is 5.91 Å². The van der Waals surface area contributed by atoms with Crippen LogP contribution in [0.3, 0.4) is 0 Å². The third-order valence-electron chi connectivity index (χ3n) is 3.83. The lowest BCUT2D eigenvalue weighted by Gasteiger charge is -2.08. The number of benzene rings is 3. The summed E-state index contributed by atoms with van der Waals surface area (Å²) in [6, 6.07) is 18.7. The monoisotopic (exact) mass is 564 g/mol. The molecule has 1 amide bonds. The predicted molar refractivity (Wildman–Crippen MR) is 126 cm³/mol. The van der Waals surface area contributed by atoms with E-state index in [-0.39, 0.29) is 6.61 Å². The highest BCUT2D eigenvalue weighted by Gasteiger charge is 2.11. The first kappa shape index (κ1) is 23.0. The zero-order valence-corrected chi connectivity index (χ0v) is 19.8. The highest BCUT2D eigenvalue weighted by molar-refractivity contribution is 9.10. The van der Waals surface area contributed by atoms with Crippen LogP contribution in [0.15, 0.2) is 80.8 Å². The lowest BCUT2D eigenvalue weighted by atomic mass is 10.2. The minimum atomic E-state index is -0.497. The van der Waals surface area contributed by atoms with Crippen LogP contribution < -0.4 is 14.9 Å². The summed E-state index contributed by atoms with van der Waals surface area (Å²) in [5, 5.41) is 4.47. The number of rotatable bonds is 7. The molecule has 0 radical (unpaired) electrons. The van der Waals surface area contributed by atoms with Gasteiger partial charge in [0.1, 0.15) is 11.5 Å². The molecule has 0 aliphatic heterocycles. The second-order valence-electron chi connectivity index (χ2n) is 6.09. The number of amides is 1. The van der Waals surface area contributed by atoms with Gasteiger partial charge in [-0.15, -0.1) is 0 Å². The van der Waals surface area contributed by atoms with E-state index in [1.54, 1.807) is 60.7 Å². The number of hydrogen-bond acceptors (Lipinski definition) is 5. The van der Waals surface area contributed by atoms with Crippen molar-refractivity contribution in [1.29, 1.82) is 0 Å². The molecule has 158 valence electrons. The molecule has 3 rings (SSSR count). The lowest BCUT2D eigenvalue weighted by molar-refractivity contribution is -0.123. The van der Waals surface area contributed by atoms with Gasteiger partial charge in [0.15, 0.2) is 6.61 Å². The molecule has 0 aliphatic carbocycles. The molecule has 0 unspecified atom stereocenters. The van der Waals surface area contributed by atoms with Gasteiger partial charge in [-0.05, 0) is 64.5 Å². The normalized spacial score (nSPS) is 10.7. The Morgan fingerprint density at radius 2 is 1.74 bits per heavy atom. The fourth-order valence-corrected chi connectivity index (χ4v) is 3.56. The van der Waals surface area contributed by atoms with Gasteiger partial charge in [-0.3, -0.25) is 4.79 Å². The van der Waals surface area contributed by atoms with Crippen molar-refractivity contribution in [3.63, 3.8) is 0 Å². The number of ether oxygens (including phenoxy) is 2. The van der Waals surface area contributed by atoms with Crippen LogP contribution in [0.1, 0.15) is 15.9 Å². The van der Waals surface area contributed by atoms with E-state index in [9.17, 15) is 9.59 Å². The minimum absolute atomic E-state index is 0.244. The molecule has 0 saturated heterocycles. The van der Waals surface area contributed by atoms with Gasteiger partial charge in [0.05, 0.1) is 16.3 Å². The topological polar surface area (TPSA) is 77.0 Å². The van der Waals surface area contributed by atoms with E-state index in [1.807, 2.05) is 6.07 Å². The van der Waals surface area contributed by atoms with Gasteiger partial charge >= 0.3 is 5.97 Å². The number of nitrogens with zero attached hydrogens (tertiary/aromatic N) is 1. The zero-order valence-electron chi connectivity index (χ0n) is 15.8. The van der Waals surface area contributed by atoms with E-state index >= 15 is 0 Å². The zero-order chi connectivity index (χ0) is 22.2. The van der Waals surface area contributed by atoms with Gasteiger partial charge in [0, 0.05) is 15.1 Å². The highest BCUT2D eigenvalue weighted by Crippen LogP contribution is 2.28. The molecule has 9 heteroatoms. The standard InChI is InChI=1S/C22H15Br2ClN2O4/c23-16-6-8-19(31-22(29)14-4-2-1-3-5-14)15(10-16)12-26-27-21(28)13-30-20-9-7-17(25)11-18(20)24/h1-12H,13H2,(H,27,28)/b26-12-. The molecule has 31 heavy (non-hydrogen) atoms. The molecule has 0 bridgehead atoms. The third-order valence-corrected chi connectivity index (χ3v) is 5.18. The van der Waals surface area contributed by atoms with Gasteiger partial charge in [-0.25, -0.2) is 10.2 Å². The molecule has 0 fully saturated rings. The fourth-order valence-electron chi connectivity index (χ4n) is 2.39. The second-order valence-corrected chi connectivity index (χ2v) is 8.30. The van der Waals surface area contributed by atoms with E-state index in [0.717, 1.165) is 4.47 Å². The Labute approximate surface area is 200 Å². The Bertz CT molecular complexity index is 1120. The molecule has 3 aromatic carbocycles. The van der Waals surface area contributed by atoms with Crippen LogP contribution in [0.5, 0.6) is 11.5 Å². The first-order valence-electron chi connectivity index (χ1n) is 8.89. The van der Waals surface area contributed by atoms with Crippen molar-refractivity contribution in [2.75, 3.05) is 6.61 Å². The number of halogens is 3. The third kappa shape index (κ3) is 6.92. The summed E-state index contributed by atoms with van der Waals surface area (Å²) in [5.74, 6) is -0.179. The summed E-state index contributed by atoms with van der Waals surface area (Å²) < 4.78 is 12.3. The van der Waals surface area contributed by atoms with Crippen molar-refractivity contribution in [1.82, 2.24) is 5.43 Å². The average Bonchev–Trinajstić information content (AvgIpc) is 2.75. The summed E-state index contributed by atoms with van der Waals surface area (Å²) in [7, 11) is 0. The van der Waals surface area contributed by atoms with E-state index in [4.69, 9.17) is 21.1 Å². The number of carbonyl (C=O) groups is 2. The average molecular weight is 567 g/mol. The number of nitrogens with one attached hydrogen (secondary N) is 1. The number of esters is 1. The van der Waals surface area contributed by atoms with E-state index in [2.05, 4.69) is 42.4 Å². The first-order valence-corrected chi connectivity index (χ1v) is 10.9.